The molecule has 0 fully saturated rings. The SMILES string of the molecule is COc1ccccc1C(=O)N[C@@H](C)c1nc(-c2ccc(F)cc2)no1. The molecular weight excluding hydrogens is 325 g/mol. The fourth-order valence-electron chi connectivity index (χ4n) is 2.30. The lowest BCUT2D eigenvalue weighted by Crippen LogP contribution is -2.27. The van der Waals surface area contributed by atoms with E-state index >= 15 is 0 Å². The number of methoxy groups -OCH3 is 1. The lowest BCUT2D eigenvalue weighted by atomic mass is 10.1. The molecule has 2 aromatic carbocycles. The predicted octanol–water partition coefficient (Wildman–Crippen LogP) is 3.38. The summed E-state index contributed by atoms with van der Waals surface area (Å²) in [5.41, 5.74) is 1.04. The maximum atomic E-state index is 13.0. The van der Waals surface area contributed by atoms with Crippen molar-refractivity contribution in [2.45, 2.75) is 13.0 Å². The van der Waals surface area contributed by atoms with Gasteiger partial charge in [0.25, 0.3) is 5.91 Å². The number of amides is 1. The number of para-hydroxylation sites is 1. The molecule has 1 heterocycles. The molecule has 1 atom stereocenters. The topological polar surface area (TPSA) is 77.2 Å². The third-order valence-corrected chi connectivity index (χ3v) is 3.61. The third kappa shape index (κ3) is 3.65. The van der Waals surface area contributed by atoms with Crippen molar-refractivity contribution in [1.29, 1.82) is 0 Å². The molecule has 1 amide bonds. The van der Waals surface area contributed by atoms with Gasteiger partial charge in [0.1, 0.15) is 17.6 Å². The van der Waals surface area contributed by atoms with Gasteiger partial charge in [-0.2, -0.15) is 4.98 Å². The zero-order valence-electron chi connectivity index (χ0n) is 13.7. The molecule has 0 bridgehead atoms. The Morgan fingerprint density at radius 1 is 1.20 bits per heavy atom. The summed E-state index contributed by atoms with van der Waals surface area (Å²) in [6.45, 7) is 1.73. The van der Waals surface area contributed by atoms with E-state index in [9.17, 15) is 9.18 Å². The Balaban J connectivity index is 1.74. The van der Waals surface area contributed by atoms with Gasteiger partial charge in [-0.1, -0.05) is 17.3 Å². The molecule has 3 aromatic rings. The van der Waals surface area contributed by atoms with Gasteiger partial charge in [0.05, 0.1) is 12.7 Å². The van der Waals surface area contributed by atoms with Gasteiger partial charge >= 0.3 is 0 Å². The van der Waals surface area contributed by atoms with Gasteiger partial charge in [-0.15, -0.1) is 0 Å². The summed E-state index contributed by atoms with van der Waals surface area (Å²) in [4.78, 5) is 16.7. The number of rotatable bonds is 5. The maximum absolute atomic E-state index is 13.0. The predicted molar refractivity (Wildman–Crippen MR) is 88.6 cm³/mol. The summed E-state index contributed by atoms with van der Waals surface area (Å²) in [6.07, 6.45) is 0. The van der Waals surface area contributed by atoms with Crippen LogP contribution in [0.1, 0.15) is 29.2 Å². The molecule has 0 saturated heterocycles. The van der Waals surface area contributed by atoms with Crippen molar-refractivity contribution in [3.8, 4) is 17.1 Å². The fourth-order valence-corrected chi connectivity index (χ4v) is 2.30. The Morgan fingerprint density at radius 3 is 2.64 bits per heavy atom. The standard InChI is InChI=1S/C18H16FN3O3/c1-11(20-17(23)14-5-3-4-6-15(14)24-2)18-21-16(22-25-18)12-7-9-13(19)10-8-12/h3-11H,1-2H3,(H,20,23)/t11-/m0/s1. The summed E-state index contributed by atoms with van der Waals surface area (Å²) in [5, 5.41) is 6.65. The molecule has 0 saturated carbocycles. The number of hydrogen-bond acceptors (Lipinski definition) is 5. The summed E-state index contributed by atoms with van der Waals surface area (Å²) < 4.78 is 23.4. The molecular formula is C18H16FN3O3. The van der Waals surface area contributed by atoms with Crippen LogP contribution in [-0.2, 0) is 0 Å². The number of benzene rings is 2. The van der Waals surface area contributed by atoms with E-state index in [0.717, 1.165) is 0 Å². The van der Waals surface area contributed by atoms with Crippen LogP contribution >= 0.6 is 0 Å². The summed E-state index contributed by atoms with van der Waals surface area (Å²) in [6, 6.07) is 12.2. The zero-order chi connectivity index (χ0) is 17.8. The summed E-state index contributed by atoms with van der Waals surface area (Å²) in [5.74, 6) is 0.400. The Morgan fingerprint density at radius 2 is 1.92 bits per heavy atom. The molecule has 3 rings (SSSR count). The number of nitrogens with zero attached hydrogens (tertiary/aromatic N) is 2. The van der Waals surface area contributed by atoms with Crippen molar-refractivity contribution < 1.29 is 18.4 Å². The molecule has 25 heavy (non-hydrogen) atoms. The smallest absolute Gasteiger partial charge is 0.255 e. The van der Waals surface area contributed by atoms with Crippen LogP contribution in [0.5, 0.6) is 5.75 Å². The molecule has 1 N–H and O–H groups in total. The van der Waals surface area contributed by atoms with Crippen molar-refractivity contribution >= 4 is 5.91 Å². The van der Waals surface area contributed by atoms with E-state index in [1.807, 2.05) is 0 Å². The highest BCUT2D eigenvalue weighted by atomic mass is 19.1. The second-order valence-electron chi connectivity index (χ2n) is 5.36. The molecule has 0 radical (unpaired) electrons. The van der Waals surface area contributed by atoms with Crippen molar-refractivity contribution in [1.82, 2.24) is 15.5 Å². The first-order valence-corrected chi connectivity index (χ1v) is 7.62. The first-order valence-electron chi connectivity index (χ1n) is 7.62. The van der Waals surface area contributed by atoms with E-state index < -0.39 is 6.04 Å². The molecule has 0 aliphatic carbocycles. The summed E-state index contributed by atoms with van der Waals surface area (Å²) in [7, 11) is 1.50. The largest absolute Gasteiger partial charge is 0.496 e. The highest BCUT2D eigenvalue weighted by Gasteiger charge is 2.20. The Labute approximate surface area is 143 Å². The molecule has 1 aromatic heterocycles. The lowest BCUT2D eigenvalue weighted by molar-refractivity contribution is 0.0929. The minimum absolute atomic E-state index is 0.252. The van der Waals surface area contributed by atoms with Crippen molar-refractivity contribution in [2.75, 3.05) is 7.11 Å². The van der Waals surface area contributed by atoms with E-state index in [1.165, 1.54) is 19.2 Å². The monoisotopic (exact) mass is 341 g/mol. The van der Waals surface area contributed by atoms with Crippen LogP contribution < -0.4 is 10.1 Å². The Kier molecular flexibility index (Phi) is 4.74. The molecule has 0 aliphatic rings. The van der Waals surface area contributed by atoms with Crippen LogP contribution in [-0.4, -0.2) is 23.2 Å². The van der Waals surface area contributed by atoms with Crippen LogP contribution in [0, 0.1) is 5.82 Å². The zero-order valence-corrected chi connectivity index (χ0v) is 13.7. The first-order chi connectivity index (χ1) is 12.1. The van der Waals surface area contributed by atoms with Crippen molar-refractivity contribution in [3.63, 3.8) is 0 Å². The van der Waals surface area contributed by atoms with Gasteiger partial charge in [0.2, 0.25) is 11.7 Å². The molecule has 6 nitrogen and oxygen atoms in total. The number of ether oxygens (including phenoxy) is 1. The number of hydrogen-bond donors (Lipinski definition) is 1. The number of halogens is 1. The van der Waals surface area contributed by atoms with Crippen LogP contribution in [0.25, 0.3) is 11.4 Å². The number of carbonyl (C=O) groups is 1. The summed E-state index contributed by atoms with van der Waals surface area (Å²) >= 11 is 0. The average Bonchev–Trinajstić information content (AvgIpc) is 3.12. The van der Waals surface area contributed by atoms with Gasteiger partial charge in [-0.3, -0.25) is 4.79 Å². The van der Waals surface area contributed by atoms with E-state index in [2.05, 4.69) is 15.5 Å². The van der Waals surface area contributed by atoms with E-state index in [-0.39, 0.29) is 17.6 Å². The van der Waals surface area contributed by atoms with Crippen LogP contribution in [0.4, 0.5) is 4.39 Å². The maximum Gasteiger partial charge on any atom is 0.255 e. The Hall–Kier alpha value is -3.22. The third-order valence-electron chi connectivity index (χ3n) is 3.61. The highest BCUT2D eigenvalue weighted by Crippen LogP contribution is 2.21. The molecule has 0 aliphatic heterocycles. The van der Waals surface area contributed by atoms with E-state index in [0.29, 0.717) is 22.7 Å². The highest BCUT2D eigenvalue weighted by molar-refractivity contribution is 5.97. The van der Waals surface area contributed by atoms with Crippen LogP contribution in [0.3, 0.4) is 0 Å². The van der Waals surface area contributed by atoms with Gasteiger partial charge in [-0.05, 0) is 43.3 Å². The molecule has 0 unspecified atom stereocenters. The van der Waals surface area contributed by atoms with Crippen LogP contribution in [0.2, 0.25) is 0 Å². The second-order valence-corrected chi connectivity index (χ2v) is 5.36. The van der Waals surface area contributed by atoms with Gasteiger partial charge in [0, 0.05) is 5.56 Å². The molecule has 128 valence electrons. The number of nitrogens with one attached hydrogen (secondary N) is 1. The molecule has 7 heteroatoms. The van der Waals surface area contributed by atoms with E-state index in [4.69, 9.17) is 9.26 Å². The number of aromatic nitrogens is 2. The fraction of sp³-hybridized carbons (Fsp3) is 0.167. The van der Waals surface area contributed by atoms with Gasteiger partial charge in [0.15, 0.2) is 0 Å². The normalized spacial score (nSPS) is 11.8. The van der Waals surface area contributed by atoms with Crippen LogP contribution in [0.15, 0.2) is 53.1 Å². The van der Waals surface area contributed by atoms with Gasteiger partial charge in [-0.25, -0.2) is 4.39 Å². The first kappa shape index (κ1) is 16.6. The second kappa shape index (κ2) is 7.12. The quantitative estimate of drug-likeness (QED) is 0.770. The van der Waals surface area contributed by atoms with Gasteiger partial charge < -0.3 is 14.6 Å². The van der Waals surface area contributed by atoms with E-state index in [1.54, 1.807) is 43.3 Å². The van der Waals surface area contributed by atoms with Crippen molar-refractivity contribution in [3.05, 3.63) is 65.8 Å². The molecule has 0 spiro atoms. The Bertz CT molecular complexity index is 877. The minimum atomic E-state index is -0.501. The number of carbonyl (C=O) groups excluding carboxylic acids is 1. The van der Waals surface area contributed by atoms with Crippen molar-refractivity contribution in [2.24, 2.45) is 0 Å². The minimum Gasteiger partial charge on any atom is -0.496 e. The lowest BCUT2D eigenvalue weighted by Gasteiger charge is -2.12. The average molecular weight is 341 g/mol.